The van der Waals surface area contributed by atoms with E-state index in [1.807, 2.05) is 36.4 Å². The number of imidazole rings is 1. The number of aromatic amines is 1. The van der Waals surface area contributed by atoms with E-state index in [-0.39, 0.29) is 11.8 Å². The van der Waals surface area contributed by atoms with E-state index in [2.05, 4.69) is 20.6 Å². The lowest BCUT2D eigenvalue weighted by molar-refractivity contribution is -0.153. The van der Waals surface area contributed by atoms with E-state index in [1.165, 1.54) is 23.6 Å². The summed E-state index contributed by atoms with van der Waals surface area (Å²) in [5.74, 6) is -1.64. The fourth-order valence-corrected chi connectivity index (χ4v) is 7.51. The first-order chi connectivity index (χ1) is 26.4. The number of carbonyl (C=O) groups is 4. The first-order valence-corrected chi connectivity index (χ1v) is 18.5. The predicted octanol–water partition coefficient (Wildman–Crippen LogP) is 5.42. The number of H-pyrrole nitrogens is 1. The van der Waals surface area contributed by atoms with Gasteiger partial charge in [-0.25, -0.2) is 4.98 Å². The fourth-order valence-electron chi connectivity index (χ4n) is 7.51. The van der Waals surface area contributed by atoms with Crippen LogP contribution in [0.15, 0.2) is 116 Å². The van der Waals surface area contributed by atoms with Gasteiger partial charge in [-0.3, -0.25) is 19.2 Å². The van der Waals surface area contributed by atoms with Crippen molar-refractivity contribution in [2.24, 2.45) is 0 Å². The topological polar surface area (TPSA) is 168 Å². The van der Waals surface area contributed by atoms with Gasteiger partial charge in [0.15, 0.2) is 11.2 Å². The molecule has 0 radical (unpaired) electrons. The van der Waals surface area contributed by atoms with Crippen LogP contribution in [0, 0.1) is 0 Å². The largest absolute Gasteiger partial charge is 0.376 e. The molecule has 5 aromatic rings. The third-order valence-corrected chi connectivity index (χ3v) is 10.6. The number of aliphatic hydroxyl groups is 2. The molecule has 0 saturated carbocycles. The number of hydrogen-bond donors (Lipinski definition) is 5. The molecule has 0 aliphatic carbocycles. The van der Waals surface area contributed by atoms with Crippen LogP contribution in [0.5, 0.6) is 0 Å². The number of benzene rings is 4. The monoisotopic (exact) mass is 740 g/mol. The van der Waals surface area contributed by atoms with Crippen molar-refractivity contribution < 1.29 is 29.4 Å². The Labute approximate surface area is 319 Å². The Balaban J connectivity index is 0.980. The highest BCUT2D eigenvalue weighted by Gasteiger charge is 2.44. The fraction of sp³-hybridized carbons (Fsp3) is 0.279. The van der Waals surface area contributed by atoms with Crippen molar-refractivity contribution in [3.8, 4) is 22.5 Å². The number of nitrogens with zero attached hydrogens (tertiary/aromatic N) is 3. The summed E-state index contributed by atoms with van der Waals surface area (Å²) in [5.41, 5.74) is 1.64. The highest BCUT2D eigenvalue weighted by atomic mass is 16.3. The predicted molar refractivity (Wildman–Crippen MR) is 208 cm³/mol. The Morgan fingerprint density at radius 1 is 0.636 bits per heavy atom. The van der Waals surface area contributed by atoms with E-state index in [0.717, 1.165) is 16.8 Å². The SMILES string of the molecule is C[C@@](O)(C(=O)N1CCCC1C(=O)Nc1ccc(-c2[nH]cnc2-c2ccc(NC(=O)[C@@H]3CCCN3C(=O)[C@@](C)(O)c3ccccc3)cc2)cc1)c1ccccc1. The zero-order valence-electron chi connectivity index (χ0n) is 30.7. The standard InChI is InChI=1S/C43H44N6O6/c1-42(54,30-11-5-3-6-12-30)40(52)48-25-9-15-34(48)38(50)46-32-21-17-28(18-22-32)36-37(45-27-44-36)29-19-23-33(24-20-29)47-39(51)35-16-10-26-49(35)41(53)43(2,55)31-13-7-4-8-14-31/h3-8,11-14,17-24,27,34-35,54-55H,9-10,15-16,25-26H2,1-2H3,(H,44,45)(H,46,50)(H,47,51)/t34-,35?,42-,43-/m0/s1. The molecule has 282 valence electrons. The van der Waals surface area contributed by atoms with Crippen molar-refractivity contribution in [3.05, 3.63) is 127 Å². The average molecular weight is 741 g/mol. The molecule has 0 bridgehead atoms. The second-order valence-electron chi connectivity index (χ2n) is 14.4. The summed E-state index contributed by atoms with van der Waals surface area (Å²) in [6.45, 7) is 3.69. The highest BCUT2D eigenvalue weighted by molar-refractivity contribution is 6.00. The number of likely N-dealkylation sites (tertiary alicyclic amines) is 2. The minimum Gasteiger partial charge on any atom is -0.376 e. The lowest BCUT2D eigenvalue weighted by Crippen LogP contribution is -2.50. The molecule has 55 heavy (non-hydrogen) atoms. The van der Waals surface area contributed by atoms with Crippen molar-refractivity contribution in [2.75, 3.05) is 23.7 Å². The summed E-state index contributed by atoms with van der Waals surface area (Å²) < 4.78 is 0. The van der Waals surface area contributed by atoms with Gasteiger partial charge < -0.3 is 35.6 Å². The van der Waals surface area contributed by atoms with Gasteiger partial charge in [0, 0.05) is 35.6 Å². The quantitative estimate of drug-likeness (QED) is 0.128. The molecule has 1 aromatic heterocycles. The Bertz CT molecular complexity index is 2010. The smallest absolute Gasteiger partial charge is 0.259 e. The van der Waals surface area contributed by atoms with Crippen molar-refractivity contribution in [1.29, 1.82) is 0 Å². The Kier molecular flexibility index (Phi) is 10.4. The third-order valence-electron chi connectivity index (χ3n) is 10.6. The molecule has 2 aliphatic rings. The average Bonchev–Trinajstić information content (AvgIpc) is 4.01. The molecule has 4 atom stereocenters. The lowest BCUT2D eigenvalue weighted by atomic mass is 9.94. The third kappa shape index (κ3) is 7.51. The van der Waals surface area contributed by atoms with E-state index < -0.39 is 35.1 Å². The second-order valence-corrected chi connectivity index (χ2v) is 14.4. The van der Waals surface area contributed by atoms with Crippen LogP contribution in [-0.2, 0) is 30.4 Å². The summed E-state index contributed by atoms with van der Waals surface area (Å²) >= 11 is 0. The van der Waals surface area contributed by atoms with Crippen LogP contribution in [0.1, 0.15) is 50.7 Å². The molecule has 2 saturated heterocycles. The molecule has 7 rings (SSSR count). The number of aromatic nitrogens is 2. The van der Waals surface area contributed by atoms with Crippen molar-refractivity contribution in [2.45, 2.75) is 62.8 Å². The molecule has 4 aromatic carbocycles. The molecular formula is C43H44N6O6. The van der Waals surface area contributed by atoms with Gasteiger partial charge in [0.1, 0.15) is 12.1 Å². The molecular weight excluding hydrogens is 697 g/mol. The van der Waals surface area contributed by atoms with Gasteiger partial charge in [-0.15, -0.1) is 0 Å². The van der Waals surface area contributed by atoms with Gasteiger partial charge in [-0.1, -0.05) is 84.9 Å². The summed E-state index contributed by atoms with van der Waals surface area (Å²) in [4.78, 5) is 64.3. The van der Waals surface area contributed by atoms with Gasteiger partial charge in [-0.05, 0) is 74.9 Å². The lowest BCUT2D eigenvalue weighted by Gasteiger charge is -2.32. The van der Waals surface area contributed by atoms with Gasteiger partial charge in [-0.2, -0.15) is 0 Å². The number of nitrogens with one attached hydrogen (secondary N) is 3. The number of rotatable bonds is 10. The van der Waals surface area contributed by atoms with Crippen LogP contribution in [0.3, 0.4) is 0 Å². The zero-order chi connectivity index (χ0) is 38.7. The van der Waals surface area contributed by atoms with Gasteiger partial charge >= 0.3 is 0 Å². The summed E-state index contributed by atoms with van der Waals surface area (Å²) in [6.07, 6.45) is 3.90. The Hall–Kier alpha value is -6.11. The summed E-state index contributed by atoms with van der Waals surface area (Å²) in [6, 6.07) is 30.6. The van der Waals surface area contributed by atoms with E-state index in [1.54, 1.807) is 79.1 Å². The maximum atomic E-state index is 13.4. The molecule has 12 nitrogen and oxygen atoms in total. The number of anilines is 2. The first-order valence-electron chi connectivity index (χ1n) is 18.5. The molecule has 2 aliphatic heterocycles. The van der Waals surface area contributed by atoms with Crippen LogP contribution >= 0.6 is 0 Å². The van der Waals surface area contributed by atoms with E-state index in [9.17, 15) is 29.4 Å². The van der Waals surface area contributed by atoms with Crippen LogP contribution in [0.2, 0.25) is 0 Å². The van der Waals surface area contributed by atoms with Crippen molar-refractivity contribution in [3.63, 3.8) is 0 Å². The molecule has 0 spiro atoms. The van der Waals surface area contributed by atoms with Crippen molar-refractivity contribution in [1.82, 2.24) is 19.8 Å². The molecule has 12 heteroatoms. The first kappa shape index (κ1) is 37.2. The van der Waals surface area contributed by atoms with Gasteiger partial charge in [0.2, 0.25) is 11.8 Å². The summed E-state index contributed by atoms with van der Waals surface area (Å²) in [7, 11) is 0. The van der Waals surface area contributed by atoms with Gasteiger partial charge in [0.05, 0.1) is 17.7 Å². The molecule has 1 unspecified atom stereocenters. The molecule has 2 fully saturated rings. The molecule has 5 N–H and O–H groups in total. The molecule has 3 heterocycles. The number of hydrogen-bond acceptors (Lipinski definition) is 7. The minimum atomic E-state index is -1.76. The van der Waals surface area contributed by atoms with Gasteiger partial charge in [0.25, 0.3) is 11.8 Å². The molecule has 4 amide bonds. The van der Waals surface area contributed by atoms with Crippen LogP contribution in [0.25, 0.3) is 22.5 Å². The maximum absolute atomic E-state index is 13.4. The number of carbonyl (C=O) groups excluding carboxylic acids is 4. The van der Waals surface area contributed by atoms with Crippen molar-refractivity contribution >= 4 is 35.0 Å². The van der Waals surface area contributed by atoms with Crippen LogP contribution in [0.4, 0.5) is 11.4 Å². The van der Waals surface area contributed by atoms with E-state index in [0.29, 0.717) is 67.0 Å². The van der Waals surface area contributed by atoms with E-state index >= 15 is 0 Å². The Morgan fingerprint density at radius 2 is 1.05 bits per heavy atom. The Morgan fingerprint density at radius 3 is 1.49 bits per heavy atom. The second kappa shape index (κ2) is 15.3. The summed E-state index contributed by atoms with van der Waals surface area (Å²) in [5, 5.41) is 28.1. The minimum absolute atomic E-state index is 0.317. The van der Waals surface area contributed by atoms with Crippen LogP contribution < -0.4 is 10.6 Å². The highest BCUT2D eigenvalue weighted by Crippen LogP contribution is 2.33. The number of amides is 4. The van der Waals surface area contributed by atoms with E-state index in [4.69, 9.17) is 0 Å². The normalized spacial score (nSPS) is 19.0. The maximum Gasteiger partial charge on any atom is 0.259 e. The van der Waals surface area contributed by atoms with Crippen LogP contribution in [-0.4, -0.2) is 78.8 Å². The zero-order valence-corrected chi connectivity index (χ0v) is 30.7.